The van der Waals surface area contributed by atoms with Crippen molar-refractivity contribution in [3.8, 4) is 0 Å². The molecule has 1 atom stereocenters. The Hall–Kier alpha value is -3.47. The van der Waals surface area contributed by atoms with Gasteiger partial charge >= 0.3 is 0 Å². The van der Waals surface area contributed by atoms with Crippen LogP contribution in [0.25, 0.3) is 0 Å². The number of hydrogen-bond acceptors (Lipinski definition) is 2. The zero-order valence-electron chi connectivity index (χ0n) is 19.4. The molecule has 0 saturated heterocycles. The van der Waals surface area contributed by atoms with Crippen LogP contribution in [-0.4, -0.2) is 11.8 Å². The number of nitrogens with zero attached hydrogens (tertiary/aromatic N) is 1. The van der Waals surface area contributed by atoms with Gasteiger partial charge in [0.25, 0.3) is 0 Å². The maximum Gasteiger partial charge on any atom is 0.227 e. The zero-order chi connectivity index (χ0) is 23.8. The fourth-order valence-corrected chi connectivity index (χ4v) is 3.65. The van der Waals surface area contributed by atoms with Crippen LogP contribution >= 0.6 is 0 Å². The molecule has 3 rings (SSSR count). The molecule has 0 aliphatic heterocycles. The van der Waals surface area contributed by atoms with Crippen LogP contribution in [0.15, 0.2) is 78.9 Å². The van der Waals surface area contributed by atoms with Gasteiger partial charge in [0, 0.05) is 12.1 Å². The van der Waals surface area contributed by atoms with Crippen molar-refractivity contribution >= 4 is 17.5 Å². The molecule has 1 N–H and O–H groups in total. The summed E-state index contributed by atoms with van der Waals surface area (Å²) < 4.78 is 13.3. The van der Waals surface area contributed by atoms with Gasteiger partial charge < -0.3 is 10.2 Å². The van der Waals surface area contributed by atoms with Crippen molar-refractivity contribution < 1.29 is 14.0 Å². The Morgan fingerprint density at radius 3 is 2.06 bits per heavy atom. The number of rotatable bonds is 9. The highest BCUT2D eigenvalue weighted by Gasteiger charge is 2.18. The summed E-state index contributed by atoms with van der Waals surface area (Å²) in [5.74, 6) is -0.125. The normalized spacial score (nSPS) is 11.8. The van der Waals surface area contributed by atoms with Gasteiger partial charge in [-0.1, -0.05) is 68.4 Å². The molecule has 172 valence electrons. The second-order valence-electron chi connectivity index (χ2n) is 8.75. The lowest BCUT2D eigenvalue weighted by atomic mass is 10.1. The maximum absolute atomic E-state index is 13.3. The largest absolute Gasteiger partial charge is 0.349 e. The van der Waals surface area contributed by atoms with E-state index < -0.39 is 0 Å². The minimum atomic E-state index is -0.303. The van der Waals surface area contributed by atoms with E-state index in [1.165, 1.54) is 12.1 Å². The third-order valence-electron chi connectivity index (χ3n) is 5.43. The molecule has 33 heavy (non-hydrogen) atoms. The number of halogens is 1. The van der Waals surface area contributed by atoms with Gasteiger partial charge in [0.15, 0.2) is 0 Å². The molecule has 2 amide bonds. The van der Waals surface area contributed by atoms with Gasteiger partial charge in [-0.2, -0.15) is 0 Å². The van der Waals surface area contributed by atoms with E-state index in [1.807, 2.05) is 75.4 Å². The lowest BCUT2D eigenvalue weighted by Gasteiger charge is -2.24. The topological polar surface area (TPSA) is 49.4 Å². The molecule has 0 fully saturated rings. The highest BCUT2D eigenvalue weighted by molar-refractivity contribution is 5.93. The van der Waals surface area contributed by atoms with E-state index in [1.54, 1.807) is 17.0 Å². The fourth-order valence-electron chi connectivity index (χ4n) is 3.65. The second kappa shape index (κ2) is 11.4. The van der Waals surface area contributed by atoms with E-state index >= 15 is 0 Å². The number of amides is 2. The van der Waals surface area contributed by atoms with E-state index in [-0.39, 0.29) is 36.0 Å². The summed E-state index contributed by atoms with van der Waals surface area (Å²) in [6, 6.07) is 23.4. The van der Waals surface area contributed by atoms with Crippen molar-refractivity contribution in [2.45, 2.75) is 46.2 Å². The summed E-state index contributed by atoms with van der Waals surface area (Å²) in [6.45, 7) is 6.34. The van der Waals surface area contributed by atoms with Crippen molar-refractivity contribution in [2.24, 2.45) is 5.92 Å². The molecule has 4 nitrogen and oxygen atoms in total. The zero-order valence-corrected chi connectivity index (χ0v) is 19.4. The second-order valence-corrected chi connectivity index (χ2v) is 8.75. The summed E-state index contributed by atoms with van der Waals surface area (Å²) in [7, 11) is 0. The molecule has 0 bridgehead atoms. The van der Waals surface area contributed by atoms with E-state index in [9.17, 15) is 14.0 Å². The Balaban J connectivity index is 1.69. The van der Waals surface area contributed by atoms with Crippen LogP contribution in [-0.2, 0) is 22.6 Å². The number of anilines is 1. The van der Waals surface area contributed by atoms with Crippen molar-refractivity contribution in [3.05, 3.63) is 101 Å². The lowest BCUT2D eigenvalue weighted by Crippen LogP contribution is -2.31. The first-order valence-electron chi connectivity index (χ1n) is 11.3. The SMILES string of the molecule is CC(C)CC(=O)N(Cc1ccc(F)cc1)c1ccc(CC(=O)NC(C)c2ccccc2)cc1. The van der Waals surface area contributed by atoms with E-state index in [2.05, 4.69) is 5.32 Å². The molecule has 0 radical (unpaired) electrons. The Kier molecular flexibility index (Phi) is 8.36. The highest BCUT2D eigenvalue weighted by atomic mass is 19.1. The molecule has 0 aromatic heterocycles. The first-order chi connectivity index (χ1) is 15.8. The van der Waals surface area contributed by atoms with Crippen LogP contribution in [0.3, 0.4) is 0 Å². The third kappa shape index (κ3) is 7.28. The van der Waals surface area contributed by atoms with Crippen LogP contribution in [0, 0.1) is 11.7 Å². The van der Waals surface area contributed by atoms with Crippen LogP contribution in [0.4, 0.5) is 10.1 Å². The van der Waals surface area contributed by atoms with Crippen molar-refractivity contribution in [1.82, 2.24) is 5.32 Å². The minimum Gasteiger partial charge on any atom is -0.349 e. The van der Waals surface area contributed by atoms with Crippen molar-refractivity contribution in [1.29, 1.82) is 0 Å². The monoisotopic (exact) mass is 446 g/mol. The summed E-state index contributed by atoms with van der Waals surface area (Å²) in [4.78, 5) is 27.2. The average Bonchev–Trinajstić information content (AvgIpc) is 2.79. The number of nitrogens with one attached hydrogen (secondary N) is 1. The molecule has 3 aromatic carbocycles. The van der Waals surface area contributed by atoms with E-state index in [0.29, 0.717) is 13.0 Å². The van der Waals surface area contributed by atoms with Gasteiger partial charge in [-0.3, -0.25) is 9.59 Å². The van der Waals surface area contributed by atoms with Crippen molar-refractivity contribution in [2.75, 3.05) is 4.90 Å². The van der Waals surface area contributed by atoms with Gasteiger partial charge in [-0.05, 0) is 53.8 Å². The first kappa shape index (κ1) is 24.2. The lowest BCUT2D eigenvalue weighted by molar-refractivity contribution is -0.121. The van der Waals surface area contributed by atoms with E-state index in [0.717, 1.165) is 22.4 Å². The number of benzene rings is 3. The number of carbonyl (C=O) groups is 2. The van der Waals surface area contributed by atoms with Gasteiger partial charge in [0.1, 0.15) is 5.82 Å². The van der Waals surface area contributed by atoms with Crippen molar-refractivity contribution in [3.63, 3.8) is 0 Å². The Morgan fingerprint density at radius 2 is 1.45 bits per heavy atom. The maximum atomic E-state index is 13.3. The molecule has 0 heterocycles. The number of carbonyl (C=O) groups excluding carboxylic acids is 2. The van der Waals surface area contributed by atoms with Crippen LogP contribution in [0.1, 0.15) is 49.9 Å². The molecule has 0 aliphatic carbocycles. The molecule has 5 heteroatoms. The van der Waals surface area contributed by atoms with Gasteiger partial charge in [0.05, 0.1) is 19.0 Å². The minimum absolute atomic E-state index is 0.0107. The standard InChI is InChI=1S/C28H31FN2O2/c1-20(2)17-28(33)31(19-23-9-13-25(29)14-10-23)26-15-11-22(12-16-26)18-27(32)30-21(3)24-7-5-4-6-8-24/h4-16,20-21H,17-19H2,1-3H3,(H,30,32). The fraction of sp³-hybridized carbons (Fsp3) is 0.286. The molecule has 0 spiro atoms. The predicted molar refractivity (Wildman–Crippen MR) is 130 cm³/mol. The quantitative estimate of drug-likeness (QED) is 0.450. The Labute approximate surface area is 195 Å². The summed E-state index contributed by atoms with van der Waals surface area (Å²) in [5.41, 5.74) is 3.54. The smallest absolute Gasteiger partial charge is 0.227 e. The third-order valence-corrected chi connectivity index (χ3v) is 5.43. The molecule has 0 saturated carbocycles. The van der Waals surface area contributed by atoms with Crippen LogP contribution in [0.5, 0.6) is 0 Å². The highest BCUT2D eigenvalue weighted by Crippen LogP contribution is 2.21. The summed E-state index contributed by atoms with van der Waals surface area (Å²) >= 11 is 0. The van der Waals surface area contributed by atoms with Crippen LogP contribution < -0.4 is 10.2 Å². The average molecular weight is 447 g/mol. The molecule has 3 aromatic rings. The predicted octanol–water partition coefficient (Wildman–Crippen LogP) is 5.82. The number of hydrogen-bond donors (Lipinski definition) is 1. The Bertz CT molecular complexity index is 1050. The van der Waals surface area contributed by atoms with Gasteiger partial charge in [-0.15, -0.1) is 0 Å². The summed E-state index contributed by atoms with van der Waals surface area (Å²) in [5, 5.41) is 3.02. The molecular formula is C28H31FN2O2. The Morgan fingerprint density at radius 1 is 0.848 bits per heavy atom. The molecule has 0 aliphatic rings. The van der Waals surface area contributed by atoms with Gasteiger partial charge in [0.2, 0.25) is 11.8 Å². The van der Waals surface area contributed by atoms with Crippen LogP contribution in [0.2, 0.25) is 0 Å². The molecular weight excluding hydrogens is 415 g/mol. The molecule has 1 unspecified atom stereocenters. The first-order valence-corrected chi connectivity index (χ1v) is 11.3. The van der Waals surface area contributed by atoms with E-state index in [4.69, 9.17) is 0 Å². The summed E-state index contributed by atoms with van der Waals surface area (Å²) in [6.07, 6.45) is 0.679. The van der Waals surface area contributed by atoms with Gasteiger partial charge in [-0.25, -0.2) is 4.39 Å².